The number of amides is 1. The van der Waals surface area contributed by atoms with Gasteiger partial charge >= 0.3 is 0 Å². The first-order valence-electron chi connectivity index (χ1n) is 7.62. The smallest absolute Gasteiger partial charge is 0.224 e. The maximum absolute atomic E-state index is 12.1. The number of likely N-dealkylation sites (tertiary alicyclic amines) is 2. The summed E-state index contributed by atoms with van der Waals surface area (Å²) in [5.74, 6) is 0.503. The number of nitrogens with zero attached hydrogens (tertiary/aromatic N) is 3. The summed E-state index contributed by atoms with van der Waals surface area (Å²) >= 11 is 0. The van der Waals surface area contributed by atoms with Crippen molar-refractivity contribution in [3.63, 3.8) is 0 Å². The zero-order valence-corrected chi connectivity index (χ0v) is 12.4. The van der Waals surface area contributed by atoms with Gasteiger partial charge < -0.3 is 4.90 Å². The van der Waals surface area contributed by atoms with Crippen LogP contribution in [0.2, 0.25) is 0 Å². The lowest BCUT2D eigenvalue weighted by atomic mass is 10.1. The quantitative estimate of drug-likeness (QED) is 0.851. The van der Waals surface area contributed by atoms with Crippen molar-refractivity contribution < 1.29 is 4.79 Å². The third kappa shape index (κ3) is 2.93. The van der Waals surface area contributed by atoms with Crippen LogP contribution in [-0.4, -0.2) is 41.4 Å². The van der Waals surface area contributed by atoms with Crippen molar-refractivity contribution in [2.75, 3.05) is 19.6 Å². The highest BCUT2D eigenvalue weighted by Gasteiger charge is 2.40. The van der Waals surface area contributed by atoms with Crippen molar-refractivity contribution in [3.8, 4) is 6.07 Å². The Balaban J connectivity index is 1.64. The average Bonchev–Trinajstić information content (AvgIpc) is 3.02. The van der Waals surface area contributed by atoms with E-state index in [1.807, 2.05) is 11.0 Å². The second-order valence-electron chi connectivity index (χ2n) is 6.30. The molecule has 110 valence electrons. The monoisotopic (exact) mass is 283 g/mol. The largest absolute Gasteiger partial charge is 0.337 e. The van der Waals surface area contributed by atoms with Crippen LogP contribution >= 0.6 is 0 Å². The minimum absolute atomic E-state index is 0.118. The van der Waals surface area contributed by atoms with E-state index in [-0.39, 0.29) is 17.9 Å². The number of nitriles is 1. The standard InChI is InChI=1S/C17H21N3O/c1-13-9-19(10-14-5-3-2-4-6-14)12-16(13)20-11-15(8-18)7-17(20)21/h2-6,13,15-16H,7,9-12H2,1H3. The van der Waals surface area contributed by atoms with Crippen LogP contribution in [0.25, 0.3) is 0 Å². The molecular weight excluding hydrogens is 262 g/mol. The molecule has 2 aliphatic rings. The number of carbonyl (C=O) groups is 1. The molecule has 3 rings (SSSR count). The minimum atomic E-state index is -0.118. The molecule has 4 nitrogen and oxygen atoms in total. The third-order valence-corrected chi connectivity index (χ3v) is 4.64. The van der Waals surface area contributed by atoms with E-state index in [0.29, 0.717) is 18.9 Å². The van der Waals surface area contributed by atoms with E-state index in [1.54, 1.807) is 0 Å². The van der Waals surface area contributed by atoms with E-state index in [0.717, 1.165) is 19.6 Å². The molecule has 1 aromatic carbocycles. The Labute approximate surface area is 126 Å². The predicted octanol–water partition coefficient (Wildman–Crippen LogP) is 1.88. The average molecular weight is 283 g/mol. The number of carbonyl (C=O) groups excluding carboxylic acids is 1. The summed E-state index contributed by atoms with van der Waals surface area (Å²) in [6.07, 6.45) is 0.401. The van der Waals surface area contributed by atoms with Gasteiger partial charge in [-0.15, -0.1) is 0 Å². The van der Waals surface area contributed by atoms with Crippen molar-refractivity contribution in [2.45, 2.75) is 25.9 Å². The van der Waals surface area contributed by atoms with Crippen LogP contribution in [0.5, 0.6) is 0 Å². The summed E-state index contributed by atoms with van der Waals surface area (Å²) in [6.45, 7) is 5.69. The molecule has 3 atom stereocenters. The van der Waals surface area contributed by atoms with Crippen molar-refractivity contribution in [2.24, 2.45) is 11.8 Å². The molecule has 0 spiro atoms. The fourth-order valence-electron chi connectivity index (χ4n) is 3.56. The van der Waals surface area contributed by atoms with Crippen molar-refractivity contribution in [1.82, 2.24) is 9.80 Å². The minimum Gasteiger partial charge on any atom is -0.337 e. The fraction of sp³-hybridized carbons (Fsp3) is 0.529. The predicted molar refractivity (Wildman–Crippen MR) is 80.1 cm³/mol. The van der Waals surface area contributed by atoms with E-state index in [2.05, 4.69) is 42.2 Å². The van der Waals surface area contributed by atoms with Gasteiger partial charge in [-0.05, 0) is 11.5 Å². The summed E-state index contributed by atoms with van der Waals surface area (Å²) in [6, 6.07) is 12.9. The molecule has 2 heterocycles. The maximum atomic E-state index is 12.1. The highest BCUT2D eigenvalue weighted by Crippen LogP contribution is 2.28. The van der Waals surface area contributed by atoms with Gasteiger partial charge in [-0.2, -0.15) is 5.26 Å². The first-order valence-corrected chi connectivity index (χ1v) is 7.62. The molecule has 0 aliphatic carbocycles. The van der Waals surface area contributed by atoms with Gasteiger partial charge in [-0.25, -0.2) is 0 Å². The lowest BCUT2D eigenvalue weighted by molar-refractivity contribution is -0.130. The molecule has 3 unspecified atom stereocenters. The maximum Gasteiger partial charge on any atom is 0.224 e. The van der Waals surface area contributed by atoms with Gasteiger partial charge in [0.15, 0.2) is 0 Å². The Kier molecular flexibility index (Phi) is 3.94. The SMILES string of the molecule is CC1CN(Cc2ccccc2)CC1N1CC(C#N)CC1=O. The highest BCUT2D eigenvalue weighted by molar-refractivity contribution is 5.79. The molecule has 0 N–H and O–H groups in total. The van der Waals surface area contributed by atoms with Crippen LogP contribution in [0, 0.1) is 23.2 Å². The zero-order valence-electron chi connectivity index (χ0n) is 12.4. The van der Waals surface area contributed by atoms with E-state index in [1.165, 1.54) is 5.56 Å². The first-order chi connectivity index (χ1) is 10.2. The molecular formula is C17H21N3O. The zero-order chi connectivity index (χ0) is 14.8. The van der Waals surface area contributed by atoms with Crippen LogP contribution in [0.4, 0.5) is 0 Å². The second kappa shape index (κ2) is 5.87. The molecule has 0 bridgehead atoms. The van der Waals surface area contributed by atoms with Gasteiger partial charge in [-0.3, -0.25) is 9.69 Å². The lowest BCUT2D eigenvalue weighted by Gasteiger charge is -2.27. The Bertz CT molecular complexity index is 551. The molecule has 1 amide bonds. The highest BCUT2D eigenvalue weighted by atomic mass is 16.2. The van der Waals surface area contributed by atoms with E-state index >= 15 is 0 Å². The van der Waals surface area contributed by atoms with Crippen molar-refractivity contribution in [3.05, 3.63) is 35.9 Å². The second-order valence-corrected chi connectivity index (χ2v) is 6.30. The van der Waals surface area contributed by atoms with E-state index < -0.39 is 0 Å². The summed E-state index contributed by atoms with van der Waals surface area (Å²) < 4.78 is 0. The number of benzene rings is 1. The Morgan fingerprint density at radius 1 is 1.24 bits per heavy atom. The third-order valence-electron chi connectivity index (χ3n) is 4.64. The van der Waals surface area contributed by atoms with Gasteiger partial charge in [0.05, 0.1) is 12.0 Å². The molecule has 0 radical (unpaired) electrons. The van der Waals surface area contributed by atoms with Crippen molar-refractivity contribution in [1.29, 1.82) is 5.26 Å². The molecule has 2 saturated heterocycles. The molecule has 1 aromatic rings. The number of hydrogen-bond acceptors (Lipinski definition) is 3. The number of rotatable bonds is 3. The normalized spacial score (nSPS) is 29.8. The van der Waals surface area contributed by atoms with E-state index in [4.69, 9.17) is 5.26 Å². The van der Waals surface area contributed by atoms with Crippen LogP contribution in [0.15, 0.2) is 30.3 Å². The van der Waals surface area contributed by atoms with Gasteiger partial charge in [0.1, 0.15) is 0 Å². The Morgan fingerprint density at radius 2 is 2.00 bits per heavy atom. The summed E-state index contributed by atoms with van der Waals surface area (Å²) in [5, 5.41) is 9.02. The molecule has 2 fully saturated rings. The van der Waals surface area contributed by atoms with Crippen LogP contribution < -0.4 is 0 Å². The Morgan fingerprint density at radius 3 is 2.67 bits per heavy atom. The van der Waals surface area contributed by atoms with Crippen LogP contribution in [0.1, 0.15) is 18.9 Å². The van der Waals surface area contributed by atoms with Crippen molar-refractivity contribution >= 4 is 5.91 Å². The molecule has 21 heavy (non-hydrogen) atoms. The van der Waals surface area contributed by atoms with Gasteiger partial charge in [0, 0.05) is 38.6 Å². The van der Waals surface area contributed by atoms with E-state index in [9.17, 15) is 4.79 Å². The van der Waals surface area contributed by atoms with Crippen LogP contribution in [0.3, 0.4) is 0 Å². The summed E-state index contributed by atoms with van der Waals surface area (Å²) in [4.78, 5) is 16.5. The molecule has 0 aromatic heterocycles. The topological polar surface area (TPSA) is 47.3 Å². The van der Waals surface area contributed by atoms with Gasteiger partial charge in [0.2, 0.25) is 5.91 Å². The number of hydrogen-bond donors (Lipinski definition) is 0. The lowest BCUT2D eigenvalue weighted by Crippen LogP contribution is -2.41. The van der Waals surface area contributed by atoms with Gasteiger partial charge in [0.25, 0.3) is 0 Å². The Hall–Kier alpha value is -1.86. The van der Waals surface area contributed by atoms with Crippen LogP contribution in [-0.2, 0) is 11.3 Å². The molecule has 4 heteroatoms. The summed E-state index contributed by atoms with van der Waals surface area (Å²) in [7, 11) is 0. The fourth-order valence-corrected chi connectivity index (χ4v) is 3.56. The molecule has 2 aliphatic heterocycles. The van der Waals surface area contributed by atoms with Gasteiger partial charge in [-0.1, -0.05) is 37.3 Å². The first kappa shape index (κ1) is 14.1. The molecule has 0 saturated carbocycles. The summed E-state index contributed by atoms with van der Waals surface area (Å²) in [5.41, 5.74) is 1.31.